The number of thioether (sulfide) groups is 1. The lowest BCUT2D eigenvalue weighted by atomic mass is 9.99. The molecule has 0 amide bonds. The van der Waals surface area contributed by atoms with E-state index in [1.807, 2.05) is 0 Å². The standard InChI is InChI=1S/C19H22S/c1-14-12-16(3)19(13-15(14)2)6-5-11-20-17(4)7-8-18-9-10-18/h5,11-13,18H,4,6,9-10H2,1-3H3/b11-5+. The van der Waals surface area contributed by atoms with Gasteiger partial charge in [-0.2, -0.15) is 0 Å². The van der Waals surface area contributed by atoms with Gasteiger partial charge < -0.3 is 0 Å². The lowest BCUT2D eigenvalue weighted by Gasteiger charge is -2.07. The van der Waals surface area contributed by atoms with E-state index in [-0.39, 0.29) is 0 Å². The minimum Gasteiger partial charge on any atom is -0.0939 e. The van der Waals surface area contributed by atoms with Gasteiger partial charge in [0.15, 0.2) is 0 Å². The van der Waals surface area contributed by atoms with Crippen LogP contribution in [0.1, 0.15) is 35.1 Å². The molecule has 0 spiro atoms. The van der Waals surface area contributed by atoms with Crippen LogP contribution < -0.4 is 0 Å². The van der Waals surface area contributed by atoms with Crippen molar-refractivity contribution in [1.82, 2.24) is 0 Å². The molecule has 0 N–H and O–H groups in total. The van der Waals surface area contributed by atoms with Crippen molar-refractivity contribution in [3.05, 3.63) is 57.4 Å². The normalized spacial score (nSPS) is 14.2. The molecule has 104 valence electrons. The van der Waals surface area contributed by atoms with Gasteiger partial charge in [-0.1, -0.05) is 48.4 Å². The molecular weight excluding hydrogens is 260 g/mol. The molecule has 0 bridgehead atoms. The average Bonchev–Trinajstić information content (AvgIpc) is 3.22. The predicted octanol–water partition coefficient (Wildman–Crippen LogP) is 5.33. The van der Waals surface area contributed by atoms with Crippen molar-refractivity contribution in [3.63, 3.8) is 0 Å². The van der Waals surface area contributed by atoms with Gasteiger partial charge in [0.1, 0.15) is 0 Å². The van der Waals surface area contributed by atoms with Crippen LogP contribution in [-0.4, -0.2) is 0 Å². The fourth-order valence-corrected chi connectivity index (χ4v) is 2.46. The first-order chi connectivity index (χ1) is 9.56. The summed E-state index contributed by atoms with van der Waals surface area (Å²) >= 11 is 1.63. The Morgan fingerprint density at radius 3 is 2.65 bits per heavy atom. The van der Waals surface area contributed by atoms with E-state index in [9.17, 15) is 0 Å². The summed E-state index contributed by atoms with van der Waals surface area (Å²) in [7, 11) is 0. The van der Waals surface area contributed by atoms with Gasteiger partial charge in [0.05, 0.1) is 4.91 Å². The Hall–Kier alpha value is -1.39. The minimum absolute atomic E-state index is 0.648. The van der Waals surface area contributed by atoms with Gasteiger partial charge in [-0.15, -0.1) is 0 Å². The molecule has 1 fully saturated rings. The van der Waals surface area contributed by atoms with Gasteiger partial charge in [0, 0.05) is 5.92 Å². The number of allylic oxidation sites excluding steroid dienone is 2. The number of hydrogen-bond donors (Lipinski definition) is 0. The van der Waals surface area contributed by atoms with Crippen LogP contribution in [0.3, 0.4) is 0 Å². The van der Waals surface area contributed by atoms with Crippen LogP contribution in [0.25, 0.3) is 0 Å². The minimum atomic E-state index is 0.648. The van der Waals surface area contributed by atoms with Crippen LogP contribution in [0.2, 0.25) is 0 Å². The zero-order valence-electron chi connectivity index (χ0n) is 12.6. The van der Waals surface area contributed by atoms with Gasteiger partial charge in [-0.05, 0) is 67.7 Å². The first-order valence-corrected chi connectivity index (χ1v) is 8.03. The van der Waals surface area contributed by atoms with Crippen LogP contribution in [0, 0.1) is 38.5 Å². The van der Waals surface area contributed by atoms with Gasteiger partial charge in [-0.25, -0.2) is 0 Å². The summed E-state index contributed by atoms with van der Waals surface area (Å²) in [4.78, 5) is 0.949. The zero-order chi connectivity index (χ0) is 14.5. The average molecular weight is 282 g/mol. The third kappa shape index (κ3) is 4.62. The molecule has 0 nitrogen and oxygen atoms in total. The Bertz CT molecular complexity index is 592. The summed E-state index contributed by atoms with van der Waals surface area (Å²) in [6, 6.07) is 4.56. The molecule has 1 aromatic rings. The molecular formula is C19H22S. The van der Waals surface area contributed by atoms with E-state index in [4.69, 9.17) is 0 Å². The van der Waals surface area contributed by atoms with E-state index in [0.717, 1.165) is 11.3 Å². The molecule has 0 atom stereocenters. The van der Waals surface area contributed by atoms with Crippen LogP contribution in [0.15, 0.2) is 35.1 Å². The van der Waals surface area contributed by atoms with Crippen LogP contribution >= 0.6 is 11.8 Å². The van der Waals surface area contributed by atoms with Crippen LogP contribution in [0.4, 0.5) is 0 Å². The number of hydrogen-bond acceptors (Lipinski definition) is 1. The summed E-state index contributed by atoms with van der Waals surface area (Å²) in [5, 5.41) is 2.11. The quantitative estimate of drug-likeness (QED) is 0.673. The fourth-order valence-electron chi connectivity index (χ4n) is 1.99. The lowest BCUT2D eigenvalue weighted by Crippen LogP contribution is -1.91. The highest BCUT2D eigenvalue weighted by molar-refractivity contribution is 8.06. The maximum Gasteiger partial charge on any atom is 0.0543 e. The molecule has 2 rings (SSSR count). The zero-order valence-corrected chi connectivity index (χ0v) is 13.4. The largest absolute Gasteiger partial charge is 0.0939 e. The Kier molecular flexibility index (Phi) is 5.15. The second kappa shape index (κ2) is 6.86. The first kappa shape index (κ1) is 15.0. The monoisotopic (exact) mass is 282 g/mol. The molecule has 0 unspecified atom stereocenters. The smallest absolute Gasteiger partial charge is 0.0543 e. The van der Waals surface area contributed by atoms with Crippen molar-refractivity contribution < 1.29 is 0 Å². The molecule has 1 saturated carbocycles. The molecule has 0 heterocycles. The fraction of sp³-hybridized carbons (Fsp3) is 0.368. The number of aryl methyl sites for hydroxylation is 3. The molecule has 0 saturated heterocycles. The predicted molar refractivity (Wildman–Crippen MR) is 90.7 cm³/mol. The summed E-state index contributed by atoms with van der Waals surface area (Å²) in [5.41, 5.74) is 5.51. The van der Waals surface area contributed by atoms with Crippen molar-refractivity contribution in [3.8, 4) is 11.8 Å². The van der Waals surface area contributed by atoms with Crippen molar-refractivity contribution in [2.24, 2.45) is 5.92 Å². The third-order valence-electron chi connectivity index (χ3n) is 3.59. The number of rotatable bonds is 4. The molecule has 1 aliphatic rings. The van der Waals surface area contributed by atoms with E-state index in [1.165, 1.54) is 35.1 Å². The first-order valence-electron chi connectivity index (χ1n) is 7.15. The Balaban J connectivity index is 1.85. The molecule has 1 aromatic carbocycles. The molecule has 0 radical (unpaired) electrons. The van der Waals surface area contributed by atoms with E-state index in [1.54, 1.807) is 11.8 Å². The molecule has 1 aliphatic carbocycles. The summed E-state index contributed by atoms with van der Waals surface area (Å²) in [5.74, 6) is 7.02. The van der Waals surface area contributed by atoms with Crippen LogP contribution in [-0.2, 0) is 6.42 Å². The maximum absolute atomic E-state index is 3.98. The van der Waals surface area contributed by atoms with Gasteiger partial charge in [-0.3, -0.25) is 0 Å². The Morgan fingerprint density at radius 2 is 1.95 bits per heavy atom. The highest BCUT2D eigenvalue weighted by atomic mass is 32.2. The maximum atomic E-state index is 3.98. The Labute approximate surface area is 127 Å². The molecule has 0 aromatic heterocycles. The molecule has 1 heteroatoms. The van der Waals surface area contributed by atoms with Crippen molar-refractivity contribution in [1.29, 1.82) is 0 Å². The lowest BCUT2D eigenvalue weighted by molar-refractivity contribution is 1.17. The molecule has 20 heavy (non-hydrogen) atoms. The van der Waals surface area contributed by atoms with E-state index >= 15 is 0 Å². The summed E-state index contributed by atoms with van der Waals surface area (Å²) < 4.78 is 0. The second-order valence-electron chi connectivity index (χ2n) is 5.52. The third-order valence-corrected chi connectivity index (χ3v) is 4.30. The van der Waals surface area contributed by atoms with Crippen LogP contribution in [0.5, 0.6) is 0 Å². The van der Waals surface area contributed by atoms with Crippen molar-refractivity contribution in [2.75, 3.05) is 0 Å². The Morgan fingerprint density at radius 1 is 1.25 bits per heavy atom. The summed E-state index contributed by atoms with van der Waals surface area (Å²) in [6.45, 7) is 10.5. The van der Waals surface area contributed by atoms with Gasteiger partial charge in [0.25, 0.3) is 0 Å². The molecule has 0 aliphatic heterocycles. The highest BCUT2D eigenvalue weighted by Gasteiger charge is 2.17. The van der Waals surface area contributed by atoms with E-state index in [0.29, 0.717) is 5.92 Å². The SMILES string of the molecule is C=C(C#CC1CC1)S/C=C/Cc1cc(C)c(C)cc1C. The number of benzene rings is 1. The second-order valence-corrected chi connectivity index (χ2v) is 6.52. The highest BCUT2D eigenvalue weighted by Crippen LogP contribution is 2.28. The topological polar surface area (TPSA) is 0 Å². The van der Waals surface area contributed by atoms with Crippen molar-refractivity contribution >= 4 is 11.8 Å². The van der Waals surface area contributed by atoms with E-state index in [2.05, 4.69) is 62.8 Å². The van der Waals surface area contributed by atoms with Gasteiger partial charge >= 0.3 is 0 Å². The van der Waals surface area contributed by atoms with Gasteiger partial charge in [0.2, 0.25) is 0 Å². The van der Waals surface area contributed by atoms with E-state index < -0.39 is 0 Å². The summed E-state index contributed by atoms with van der Waals surface area (Å²) in [6.07, 6.45) is 5.72. The van der Waals surface area contributed by atoms with Crippen molar-refractivity contribution in [2.45, 2.75) is 40.0 Å².